The molecule has 4 heteroatoms. The molecule has 0 unspecified atom stereocenters. The molecule has 0 heterocycles. The van der Waals surface area contributed by atoms with Crippen LogP contribution in [-0.2, 0) is 0 Å². The summed E-state index contributed by atoms with van der Waals surface area (Å²) in [7, 11) is 1.66. The van der Waals surface area contributed by atoms with E-state index in [1.54, 1.807) is 18.9 Å². The Balaban J connectivity index is 2.23. The summed E-state index contributed by atoms with van der Waals surface area (Å²) in [5.41, 5.74) is 7.47. The van der Waals surface area contributed by atoms with E-state index in [4.69, 9.17) is 22.1 Å². The van der Waals surface area contributed by atoms with E-state index in [0.29, 0.717) is 10.7 Å². The van der Waals surface area contributed by atoms with Gasteiger partial charge in [0, 0.05) is 9.79 Å². The summed E-state index contributed by atoms with van der Waals surface area (Å²) in [5, 5.41) is 0.603. The summed E-state index contributed by atoms with van der Waals surface area (Å²) < 4.78 is 5.13. The molecule has 0 bridgehead atoms. The van der Waals surface area contributed by atoms with Crippen LogP contribution in [0.15, 0.2) is 46.2 Å². The monoisotopic (exact) mass is 279 g/mol. The molecule has 0 fully saturated rings. The van der Waals surface area contributed by atoms with Crippen LogP contribution in [0.2, 0.25) is 5.02 Å². The van der Waals surface area contributed by atoms with Crippen LogP contribution in [0.3, 0.4) is 0 Å². The molecule has 18 heavy (non-hydrogen) atoms. The molecule has 94 valence electrons. The van der Waals surface area contributed by atoms with Crippen molar-refractivity contribution in [3.8, 4) is 5.75 Å². The van der Waals surface area contributed by atoms with Crippen molar-refractivity contribution in [1.29, 1.82) is 0 Å². The van der Waals surface area contributed by atoms with Gasteiger partial charge in [0.05, 0.1) is 17.8 Å². The minimum Gasteiger partial charge on any atom is -0.497 e. The molecular weight excluding hydrogens is 266 g/mol. The number of nitrogen functional groups attached to an aromatic ring is 1. The minimum atomic E-state index is 0.603. The maximum atomic E-state index is 6.07. The van der Waals surface area contributed by atoms with Crippen LogP contribution in [-0.4, -0.2) is 7.11 Å². The van der Waals surface area contributed by atoms with Crippen molar-refractivity contribution in [2.24, 2.45) is 0 Å². The Morgan fingerprint density at radius 1 is 1.11 bits per heavy atom. The number of hydrogen-bond donors (Lipinski definition) is 1. The van der Waals surface area contributed by atoms with Gasteiger partial charge in [0.2, 0.25) is 0 Å². The van der Waals surface area contributed by atoms with Gasteiger partial charge in [0.25, 0.3) is 0 Å². The van der Waals surface area contributed by atoms with Gasteiger partial charge in [-0.1, -0.05) is 23.4 Å². The summed E-state index contributed by atoms with van der Waals surface area (Å²) in [6.45, 7) is 1.96. The first-order valence-corrected chi connectivity index (χ1v) is 6.67. The van der Waals surface area contributed by atoms with Crippen molar-refractivity contribution >= 4 is 29.1 Å². The van der Waals surface area contributed by atoms with Crippen molar-refractivity contribution in [2.45, 2.75) is 16.7 Å². The summed E-state index contributed by atoms with van der Waals surface area (Å²) in [4.78, 5) is 2.22. The Labute approximate surface area is 116 Å². The third-order valence-electron chi connectivity index (χ3n) is 2.61. The molecule has 0 atom stereocenters. The molecule has 0 saturated heterocycles. The molecule has 0 aliphatic heterocycles. The second-order valence-corrected chi connectivity index (χ2v) is 5.47. The Morgan fingerprint density at radius 2 is 1.78 bits per heavy atom. The standard InChI is InChI=1S/C14H14ClNOS/c1-9-7-12(8-13(15)14(9)16)18-11-5-3-10(17-2)4-6-11/h3-8H,16H2,1-2H3. The number of anilines is 1. The molecule has 2 nitrogen and oxygen atoms in total. The van der Waals surface area contributed by atoms with Crippen molar-refractivity contribution in [3.63, 3.8) is 0 Å². The van der Waals surface area contributed by atoms with Crippen LogP contribution >= 0.6 is 23.4 Å². The van der Waals surface area contributed by atoms with Crippen molar-refractivity contribution < 1.29 is 4.74 Å². The molecule has 0 aliphatic carbocycles. The number of nitrogens with two attached hydrogens (primary N) is 1. The molecule has 2 N–H and O–H groups in total. The van der Waals surface area contributed by atoms with Gasteiger partial charge >= 0.3 is 0 Å². The minimum absolute atomic E-state index is 0.603. The first kappa shape index (κ1) is 13.1. The molecular formula is C14H14ClNOS. The smallest absolute Gasteiger partial charge is 0.118 e. The zero-order chi connectivity index (χ0) is 13.1. The second-order valence-electron chi connectivity index (χ2n) is 3.91. The van der Waals surface area contributed by atoms with Crippen LogP contribution < -0.4 is 10.5 Å². The summed E-state index contributed by atoms with van der Waals surface area (Å²) in [5.74, 6) is 0.853. The lowest BCUT2D eigenvalue weighted by molar-refractivity contribution is 0.414. The number of rotatable bonds is 3. The summed E-state index contributed by atoms with van der Waals surface area (Å²) in [6.07, 6.45) is 0. The van der Waals surface area contributed by atoms with E-state index in [9.17, 15) is 0 Å². The van der Waals surface area contributed by atoms with Crippen LogP contribution in [0.4, 0.5) is 5.69 Å². The Hall–Kier alpha value is -1.32. The fraction of sp³-hybridized carbons (Fsp3) is 0.143. The number of methoxy groups -OCH3 is 1. The van der Waals surface area contributed by atoms with E-state index in [-0.39, 0.29) is 0 Å². The fourth-order valence-corrected chi connectivity index (χ4v) is 2.85. The molecule has 0 saturated carbocycles. The van der Waals surface area contributed by atoms with E-state index in [1.165, 1.54) is 0 Å². The third kappa shape index (κ3) is 2.92. The van der Waals surface area contributed by atoms with Gasteiger partial charge in [-0.05, 0) is 48.9 Å². The molecule has 0 amide bonds. The van der Waals surface area contributed by atoms with Gasteiger partial charge in [-0.3, -0.25) is 0 Å². The first-order chi connectivity index (χ1) is 8.60. The lowest BCUT2D eigenvalue weighted by atomic mass is 10.2. The quantitative estimate of drug-likeness (QED) is 0.846. The average Bonchev–Trinajstić information content (AvgIpc) is 2.37. The van der Waals surface area contributed by atoms with Crippen molar-refractivity contribution in [2.75, 3.05) is 12.8 Å². The van der Waals surface area contributed by atoms with Gasteiger partial charge in [0.1, 0.15) is 5.75 Å². The zero-order valence-corrected chi connectivity index (χ0v) is 11.8. The summed E-state index contributed by atoms with van der Waals surface area (Å²) in [6, 6.07) is 11.8. The molecule has 0 aliphatic rings. The van der Waals surface area contributed by atoms with E-state index in [0.717, 1.165) is 21.1 Å². The molecule has 2 aromatic rings. The van der Waals surface area contributed by atoms with E-state index < -0.39 is 0 Å². The average molecular weight is 280 g/mol. The number of benzene rings is 2. The first-order valence-electron chi connectivity index (χ1n) is 5.47. The van der Waals surface area contributed by atoms with Crippen LogP contribution in [0, 0.1) is 6.92 Å². The highest BCUT2D eigenvalue weighted by atomic mass is 35.5. The van der Waals surface area contributed by atoms with E-state index in [1.807, 2.05) is 43.3 Å². The number of ether oxygens (including phenoxy) is 1. The van der Waals surface area contributed by atoms with E-state index >= 15 is 0 Å². The fourth-order valence-electron chi connectivity index (χ4n) is 1.56. The lowest BCUT2D eigenvalue weighted by Gasteiger charge is -2.08. The maximum Gasteiger partial charge on any atom is 0.118 e. The van der Waals surface area contributed by atoms with Gasteiger partial charge in [0.15, 0.2) is 0 Å². The Kier molecular flexibility index (Phi) is 4.04. The number of halogens is 1. The molecule has 0 aromatic heterocycles. The highest BCUT2D eigenvalue weighted by Crippen LogP contribution is 2.34. The maximum absolute atomic E-state index is 6.07. The van der Waals surface area contributed by atoms with Crippen molar-refractivity contribution in [1.82, 2.24) is 0 Å². The Morgan fingerprint density at radius 3 is 2.33 bits per heavy atom. The highest BCUT2D eigenvalue weighted by molar-refractivity contribution is 7.99. The topological polar surface area (TPSA) is 35.2 Å². The van der Waals surface area contributed by atoms with E-state index in [2.05, 4.69) is 0 Å². The Bertz CT molecular complexity index is 531. The number of hydrogen-bond acceptors (Lipinski definition) is 3. The molecule has 0 spiro atoms. The number of aryl methyl sites for hydroxylation is 1. The van der Waals surface area contributed by atoms with Crippen LogP contribution in [0.5, 0.6) is 5.75 Å². The van der Waals surface area contributed by atoms with Gasteiger partial charge in [-0.15, -0.1) is 0 Å². The van der Waals surface area contributed by atoms with Crippen LogP contribution in [0.1, 0.15) is 5.56 Å². The molecule has 2 rings (SSSR count). The zero-order valence-electron chi connectivity index (χ0n) is 10.2. The largest absolute Gasteiger partial charge is 0.497 e. The third-order valence-corrected chi connectivity index (χ3v) is 3.90. The van der Waals surface area contributed by atoms with Gasteiger partial charge in [-0.2, -0.15) is 0 Å². The predicted molar refractivity (Wildman–Crippen MR) is 77.7 cm³/mol. The van der Waals surface area contributed by atoms with Gasteiger partial charge < -0.3 is 10.5 Å². The summed E-state index contributed by atoms with van der Waals surface area (Å²) >= 11 is 7.72. The molecule has 2 aromatic carbocycles. The van der Waals surface area contributed by atoms with Gasteiger partial charge in [-0.25, -0.2) is 0 Å². The SMILES string of the molecule is COc1ccc(Sc2cc(C)c(N)c(Cl)c2)cc1. The normalized spacial score (nSPS) is 10.4. The van der Waals surface area contributed by atoms with Crippen molar-refractivity contribution in [3.05, 3.63) is 47.0 Å². The molecule has 0 radical (unpaired) electrons. The second kappa shape index (κ2) is 5.55. The van der Waals surface area contributed by atoms with Crippen LogP contribution in [0.25, 0.3) is 0 Å². The predicted octanol–water partition coefficient (Wildman–Crippen LogP) is 4.39. The lowest BCUT2D eigenvalue weighted by Crippen LogP contribution is -1.91. The highest BCUT2D eigenvalue weighted by Gasteiger charge is 2.05.